The Labute approximate surface area is 181 Å². The first kappa shape index (κ1) is 26.9. The Kier molecular flexibility index (Phi) is 8.49. The fraction of sp³-hybridized carbons (Fsp3) is 0.333. The standard InChI is InChI=1S/C6H5F3N2O2.2C6H8N2O2/c1-11-2-3(6(7,8)9)4(12)10-5(11)13;2*1-4-3-8(2)6(10)7-5(4)9/h2H,1H3,(H,10,12,13);2*3H,1-2H3,(H,7,9,10). The van der Waals surface area contributed by atoms with Gasteiger partial charge in [0.15, 0.2) is 0 Å². The van der Waals surface area contributed by atoms with Crippen LogP contribution in [0.15, 0.2) is 47.4 Å². The van der Waals surface area contributed by atoms with E-state index in [-0.39, 0.29) is 22.5 Å². The van der Waals surface area contributed by atoms with Gasteiger partial charge in [0, 0.05) is 50.9 Å². The summed E-state index contributed by atoms with van der Waals surface area (Å²) < 4.78 is 39.4. The van der Waals surface area contributed by atoms with Crippen LogP contribution in [-0.2, 0) is 27.3 Å². The molecule has 0 aliphatic heterocycles. The molecule has 3 N–H and O–H groups in total. The van der Waals surface area contributed by atoms with Crippen LogP contribution < -0.4 is 33.7 Å². The quantitative estimate of drug-likeness (QED) is 0.373. The second-order valence-electron chi connectivity index (χ2n) is 6.78. The number of H-pyrrole nitrogens is 3. The Balaban J connectivity index is 0.000000251. The van der Waals surface area contributed by atoms with Gasteiger partial charge in [0.25, 0.3) is 16.7 Å². The lowest BCUT2D eigenvalue weighted by molar-refractivity contribution is -0.139. The zero-order valence-corrected chi connectivity index (χ0v) is 18.2. The fourth-order valence-electron chi connectivity index (χ4n) is 2.15. The average Bonchev–Trinajstić information content (AvgIpc) is 2.68. The Morgan fingerprint density at radius 3 is 1.21 bits per heavy atom. The minimum atomic E-state index is -4.74. The molecule has 0 aliphatic carbocycles. The minimum absolute atomic E-state index is 0.317. The van der Waals surface area contributed by atoms with E-state index >= 15 is 0 Å². The number of aromatic nitrogens is 6. The molecule has 0 unspecified atom stereocenters. The molecule has 0 aliphatic rings. The highest BCUT2D eigenvalue weighted by Crippen LogP contribution is 2.25. The van der Waals surface area contributed by atoms with Gasteiger partial charge < -0.3 is 13.7 Å². The van der Waals surface area contributed by atoms with E-state index in [0.717, 1.165) is 7.05 Å². The number of nitrogens with zero attached hydrogens (tertiary/aromatic N) is 3. The number of alkyl halides is 3. The molecule has 180 valence electrons. The molecule has 3 rings (SSSR count). The van der Waals surface area contributed by atoms with Crippen molar-refractivity contribution in [3.8, 4) is 0 Å². The van der Waals surface area contributed by atoms with Gasteiger partial charge in [0.1, 0.15) is 5.56 Å². The van der Waals surface area contributed by atoms with E-state index < -0.39 is 23.0 Å². The van der Waals surface area contributed by atoms with Gasteiger partial charge in [-0.05, 0) is 13.8 Å². The summed E-state index contributed by atoms with van der Waals surface area (Å²) in [6.07, 6.45) is -1.28. The molecule has 0 aromatic carbocycles. The van der Waals surface area contributed by atoms with Crippen molar-refractivity contribution < 1.29 is 13.2 Å². The van der Waals surface area contributed by atoms with Crippen molar-refractivity contribution in [3.05, 3.63) is 97.8 Å². The van der Waals surface area contributed by atoms with Crippen molar-refractivity contribution in [1.29, 1.82) is 0 Å². The molecule has 0 amide bonds. The number of hydrogen-bond donors (Lipinski definition) is 3. The van der Waals surface area contributed by atoms with E-state index in [2.05, 4.69) is 9.97 Å². The summed E-state index contributed by atoms with van der Waals surface area (Å²) in [4.78, 5) is 70.0. The van der Waals surface area contributed by atoms with Crippen LogP contribution in [0.25, 0.3) is 0 Å². The first-order chi connectivity index (χ1) is 15.0. The first-order valence-corrected chi connectivity index (χ1v) is 8.94. The third-order valence-corrected chi connectivity index (χ3v) is 3.99. The van der Waals surface area contributed by atoms with Crippen LogP contribution in [0.4, 0.5) is 13.2 Å². The molecule has 0 fully saturated rings. The van der Waals surface area contributed by atoms with E-state index in [9.17, 15) is 41.9 Å². The summed E-state index contributed by atoms with van der Waals surface area (Å²) in [7, 11) is 4.30. The van der Waals surface area contributed by atoms with Crippen molar-refractivity contribution >= 4 is 0 Å². The zero-order chi connectivity index (χ0) is 25.7. The third kappa shape index (κ3) is 7.48. The zero-order valence-electron chi connectivity index (χ0n) is 18.2. The van der Waals surface area contributed by atoms with Gasteiger partial charge in [-0.3, -0.25) is 29.3 Å². The van der Waals surface area contributed by atoms with Crippen LogP contribution in [0.2, 0.25) is 0 Å². The van der Waals surface area contributed by atoms with Crippen LogP contribution in [0.3, 0.4) is 0 Å². The number of rotatable bonds is 0. The number of nitrogens with one attached hydrogen (secondary N) is 3. The van der Waals surface area contributed by atoms with Crippen LogP contribution in [-0.4, -0.2) is 28.7 Å². The van der Waals surface area contributed by atoms with E-state index in [0.29, 0.717) is 21.9 Å². The van der Waals surface area contributed by atoms with Crippen LogP contribution in [0, 0.1) is 13.8 Å². The number of aromatic amines is 3. The molecule has 12 nitrogen and oxygen atoms in total. The normalized spacial score (nSPS) is 10.5. The third-order valence-electron chi connectivity index (χ3n) is 3.99. The Morgan fingerprint density at radius 1 is 0.606 bits per heavy atom. The molecule has 0 radical (unpaired) electrons. The topological polar surface area (TPSA) is 165 Å². The van der Waals surface area contributed by atoms with E-state index in [4.69, 9.17) is 0 Å². The predicted molar refractivity (Wildman–Crippen MR) is 111 cm³/mol. The monoisotopic (exact) mass is 474 g/mol. The van der Waals surface area contributed by atoms with Crippen molar-refractivity contribution in [2.24, 2.45) is 21.1 Å². The van der Waals surface area contributed by atoms with Gasteiger partial charge in [0.2, 0.25) is 0 Å². The molecular formula is C18H21F3N6O6. The molecule has 0 spiro atoms. The number of halogens is 3. The van der Waals surface area contributed by atoms with Crippen molar-refractivity contribution in [2.75, 3.05) is 0 Å². The molecular weight excluding hydrogens is 453 g/mol. The summed E-state index contributed by atoms with van der Waals surface area (Å²) in [6.45, 7) is 3.30. The first-order valence-electron chi connectivity index (χ1n) is 8.94. The molecule has 33 heavy (non-hydrogen) atoms. The maximum Gasteiger partial charge on any atom is 0.423 e. The van der Waals surface area contributed by atoms with Gasteiger partial charge in [-0.2, -0.15) is 13.2 Å². The predicted octanol–water partition coefficient (Wildman–Crippen LogP) is -1.14. The van der Waals surface area contributed by atoms with Crippen LogP contribution in [0.5, 0.6) is 0 Å². The summed E-state index contributed by atoms with van der Waals surface area (Å²) in [5.41, 5.74) is -3.98. The van der Waals surface area contributed by atoms with Crippen molar-refractivity contribution in [1.82, 2.24) is 28.7 Å². The van der Waals surface area contributed by atoms with E-state index in [1.807, 2.05) is 0 Å². The summed E-state index contributed by atoms with van der Waals surface area (Å²) in [5, 5.41) is 0. The maximum atomic E-state index is 12.0. The van der Waals surface area contributed by atoms with Gasteiger partial charge in [-0.25, -0.2) is 14.4 Å². The SMILES string of the molecule is Cc1cn(C)c(=O)[nH]c1=O.Cc1cn(C)c(=O)[nH]c1=O.Cn1cc(C(F)(F)F)c(=O)[nH]c1=O. The molecule has 0 saturated carbocycles. The summed E-state index contributed by atoms with van der Waals surface area (Å²) in [5.74, 6) is 0. The maximum absolute atomic E-state index is 12.0. The average molecular weight is 474 g/mol. The van der Waals surface area contributed by atoms with Crippen LogP contribution in [0.1, 0.15) is 16.7 Å². The minimum Gasteiger partial charge on any atom is -0.303 e. The van der Waals surface area contributed by atoms with Gasteiger partial charge in [-0.1, -0.05) is 0 Å². The van der Waals surface area contributed by atoms with Gasteiger partial charge in [-0.15, -0.1) is 0 Å². The molecule has 0 saturated heterocycles. The Bertz CT molecular complexity index is 1350. The molecule has 0 bridgehead atoms. The Hall–Kier alpha value is -4.17. The summed E-state index contributed by atoms with van der Waals surface area (Å²) >= 11 is 0. The fourth-order valence-corrected chi connectivity index (χ4v) is 2.15. The van der Waals surface area contributed by atoms with Gasteiger partial charge >= 0.3 is 23.2 Å². The molecule has 3 heterocycles. The largest absolute Gasteiger partial charge is 0.423 e. The van der Waals surface area contributed by atoms with E-state index in [1.54, 1.807) is 32.9 Å². The molecule has 3 aromatic heterocycles. The smallest absolute Gasteiger partial charge is 0.303 e. The van der Waals surface area contributed by atoms with Crippen molar-refractivity contribution in [2.45, 2.75) is 20.0 Å². The Morgan fingerprint density at radius 2 is 0.909 bits per heavy atom. The van der Waals surface area contributed by atoms with Crippen molar-refractivity contribution in [3.63, 3.8) is 0 Å². The lowest BCUT2D eigenvalue weighted by Gasteiger charge is -2.05. The second kappa shape index (κ2) is 10.4. The molecule has 15 heteroatoms. The second-order valence-corrected chi connectivity index (χ2v) is 6.78. The lowest BCUT2D eigenvalue weighted by Crippen LogP contribution is -2.33. The van der Waals surface area contributed by atoms with Gasteiger partial charge in [0.05, 0.1) is 0 Å². The highest BCUT2D eigenvalue weighted by molar-refractivity contribution is 5.08. The number of hydrogen-bond acceptors (Lipinski definition) is 6. The summed E-state index contributed by atoms with van der Waals surface area (Å²) in [6, 6.07) is 0. The highest BCUT2D eigenvalue weighted by Gasteiger charge is 2.34. The lowest BCUT2D eigenvalue weighted by atomic mass is 10.3. The molecule has 0 atom stereocenters. The van der Waals surface area contributed by atoms with E-state index in [1.165, 1.54) is 21.5 Å². The highest BCUT2D eigenvalue weighted by atomic mass is 19.4. The molecule has 3 aromatic rings. The van der Waals surface area contributed by atoms with Crippen LogP contribution >= 0.6 is 0 Å². The number of aryl methyl sites for hydroxylation is 5.